The zero-order valence-electron chi connectivity index (χ0n) is 7.71. The molecule has 5 nitrogen and oxygen atoms in total. The molecule has 1 rings (SSSR count). The maximum Gasteiger partial charge on any atom is 0.291 e. The first kappa shape index (κ1) is 11.2. The summed E-state index contributed by atoms with van der Waals surface area (Å²) >= 11 is 0. The second-order valence-electron chi connectivity index (χ2n) is 2.67. The highest BCUT2D eigenvalue weighted by Gasteiger charge is 2.19. The Balaban J connectivity index is 3.46. The number of carbonyl (C=O) groups is 1. The maximum atomic E-state index is 12.5. The van der Waals surface area contributed by atoms with Crippen molar-refractivity contribution in [2.75, 3.05) is 7.11 Å². The van der Waals surface area contributed by atoms with Gasteiger partial charge in [0.15, 0.2) is 5.75 Å². The smallest absolute Gasteiger partial charge is 0.291 e. The minimum atomic E-state index is -2.92. The third-order valence-electron chi connectivity index (χ3n) is 1.72. The number of H-pyrrole nitrogens is 1. The van der Waals surface area contributed by atoms with Crippen LogP contribution in [0.3, 0.4) is 0 Å². The number of carbonyl (C=O) groups excluding carboxylic acids is 1. The van der Waals surface area contributed by atoms with Gasteiger partial charge in [0.2, 0.25) is 0 Å². The van der Waals surface area contributed by atoms with Gasteiger partial charge in [0.1, 0.15) is 5.69 Å². The Kier molecular flexibility index (Phi) is 3.03. The number of pyridine rings is 1. The van der Waals surface area contributed by atoms with Crippen LogP contribution in [0, 0.1) is 0 Å². The lowest BCUT2D eigenvalue weighted by Gasteiger charge is -2.07. The molecule has 0 aromatic carbocycles. The van der Waals surface area contributed by atoms with Crippen LogP contribution >= 0.6 is 0 Å². The molecule has 0 aliphatic rings. The second kappa shape index (κ2) is 4.07. The number of halogens is 2. The van der Waals surface area contributed by atoms with Crippen molar-refractivity contribution in [3.63, 3.8) is 0 Å². The van der Waals surface area contributed by atoms with Gasteiger partial charge in [0.25, 0.3) is 17.9 Å². The van der Waals surface area contributed by atoms with Gasteiger partial charge in [0, 0.05) is 0 Å². The summed E-state index contributed by atoms with van der Waals surface area (Å²) in [4.78, 5) is 23.9. The number of nitrogens with one attached hydrogen (secondary N) is 1. The third kappa shape index (κ3) is 2.12. The number of aromatic amines is 1. The molecule has 0 bridgehead atoms. The first-order valence-corrected chi connectivity index (χ1v) is 3.86. The van der Waals surface area contributed by atoms with Crippen LogP contribution in [0.2, 0.25) is 0 Å². The summed E-state index contributed by atoms with van der Waals surface area (Å²) < 4.78 is 29.4. The molecular weight excluding hydrogens is 210 g/mol. The fraction of sp³-hybridized carbons (Fsp3) is 0.250. The van der Waals surface area contributed by atoms with Gasteiger partial charge < -0.3 is 15.5 Å². The molecule has 1 heterocycles. The average molecular weight is 218 g/mol. The highest BCUT2D eigenvalue weighted by molar-refractivity contribution is 5.91. The van der Waals surface area contributed by atoms with Gasteiger partial charge in [-0.3, -0.25) is 9.59 Å². The first-order chi connectivity index (χ1) is 6.97. The van der Waals surface area contributed by atoms with E-state index < -0.39 is 29.2 Å². The molecule has 1 amide bonds. The summed E-state index contributed by atoms with van der Waals surface area (Å²) in [6.07, 6.45) is -2.92. The molecule has 1 aromatic rings. The summed E-state index contributed by atoms with van der Waals surface area (Å²) in [7, 11) is 1.08. The Morgan fingerprint density at radius 2 is 2.20 bits per heavy atom. The molecule has 0 saturated heterocycles. The van der Waals surface area contributed by atoms with Crippen LogP contribution in [-0.2, 0) is 0 Å². The summed E-state index contributed by atoms with van der Waals surface area (Å²) in [6.45, 7) is 0. The van der Waals surface area contributed by atoms with E-state index in [4.69, 9.17) is 5.73 Å². The fourth-order valence-corrected chi connectivity index (χ4v) is 1.07. The number of methoxy groups -OCH3 is 1. The quantitative estimate of drug-likeness (QED) is 0.770. The van der Waals surface area contributed by atoms with Crippen molar-refractivity contribution in [3.8, 4) is 5.75 Å². The molecule has 0 fully saturated rings. The first-order valence-electron chi connectivity index (χ1n) is 3.86. The van der Waals surface area contributed by atoms with E-state index in [0.29, 0.717) is 0 Å². The molecule has 0 aliphatic carbocycles. The van der Waals surface area contributed by atoms with E-state index in [9.17, 15) is 18.4 Å². The molecule has 0 aliphatic heterocycles. The van der Waals surface area contributed by atoms with Crippen LogP contribution in [0.1, 0.15) is 22.5 Å². The maximum absolute atomic E-state index is 12.5. The summed E-state index contributed by atoms with van der Waals surface area (Å²) in [5.74, 6) is -1.51. The number of aromatic nitrogens is 1. The summed E-state index contributed by atoms with van der Waals surface area (Å²) in [5.41, 5.74) is 2.90. The van der Waals surface area contributed by atoms with Crippen molar-refractivity contribution in [1.29, 1.82) is 0 Å². The van der Waals surface area contributed by atoms with Crippen molar-refractivity contribution < 1.29 is 18.3 Å². The van der Waals surface area contributed by atoms with E-state index in [2.05, 4.69) is 4.74 Å². The molecule has 0 radical (unpaired) electrons. The Labute approximate surface area is 82.9 Å². The average Bonchev–Trinajstić information content (AvgIpc) is 2.16. The zero-order valence-corrected chi connectivity index (χ0v) is 7.71. The van der Waals surface area contributed by atoms with Gasteiger partial charge in [-0.2, -0.15) is 0 Å². The van der Waals surface area contributed by atoms with Crippen molar-refractivity contribution in [1.82, 2.24) is 4.98 Å². The second-order valence-corrected chi connectivity index (χ2v) is 2.67. The van der Waals surface area contributed by atoms with E-state index in [-0.39, 0.29) is 5.69 Å². The summed E-state index contributed by atoms with van der Waals surface area (Å²) in [5, 5.41) is 0. The molecule has 0 spiro atoms. The van der Waals surface area contributed by atoms with Crippen LogP contribution in [-0.4, -0.2) is 18.0 Å². The molecule has 1 aromatic heterocycles. The van der Waals surface area contributed by atoms with Gasteiger partial charge in [-0.1, -0.05) is 0 Å². The summed E-state index contributed by atoms with van der Waals surface area (Å²) in [6, 6.07) is 0.799. The molecule has 15 heavy (non-hydrogen) atoms. The topological polar surface area (TPSA) is 85.2 Å². The van der Waals surface area contributed by atoms with E-state index in [1.165, 1.54) is 0 Å². The van der Waals surface area contributed by atoms with E-state index in [0.717, 1.165) is 13.2 Å². The van der Waals surface area contributed by atoms with Crippen LogP contribution in [0.4, 0.5) is 8.78 Å². The molecule has 0 atom stereocenters. The van der Waals surface area contributed by atoms with Crippen LogP contribution < -0.4 is 16.0 Å². The molecule has 0 unspecified atom stereocenters. The Morgan fingerprint density at radius 3 is 2.60 bits per heavy atom. The van der Waals surface area contributed by atoms with Crippen LogP contribution in [0.5, 0.6) is 5.75 Å². The monoisotopic (exact) mass is 218 g/mol. The molecule has 82 valence electrons. The minimum Gasteiger partial charge on any atom is -0.491 e. The SMILES string of the molecule is COc1c(C(F)F)cc(C(N)=O)[nH]c1=O. The van der Waals surface area contributed by atoms with E-state index in [1.807, 2.05) is 4.98 Å². The largest absolute Gasteiger partial charge is 0.491 e. The van der Waals surface area contributed by atoms with Gasteiger partial charge in [-0.15, -0.1) is 0 Å². The predicted octanol–water partition coefficient (Wildman–Crippen LogP) is 0.420. The van der Waals surface area contributed by atoms with Gasteiger partial charge >= 0.3 is 0 Å². The van der Waals surface area contributed by atoms with Gasteiger partial charge in [-0.05, 0) is 6.07 Å². The normalized spacial score (nSPS) is 10.4. The number of primary amides is 1. The van der Waals surface area contributed by atoms with Crippen molar-refractivity contribution in [2.24, 2.45) is 5.73 Å². The van der Waals surface area contributed by atoms with Crippen molar-refractivity contribution in [3.05, 3.63) is 27.7 Å². The van der Waals surface area contributed by atoms with Gasteiger partial charge in [-0.25, -0.2) is 8.78 Å². The number of alkyl halides is 2. The number of amides is 1. The van der Waals surface area contributed by atoms with Crippen LogP contribution in [0.25, 0.3) is 0 Å². The lowest BCUT2D eigenvalue weighted by Crippen LogP contribution is -2.21. The lowest BCUT2D eigenvalue weighted by molar-refractivity contribution is 0.0994. The Bertz CT molecular complexity index is 442. The van der Waals surface area contributed by atoms with E-state index in [1.54, 1.807) is 0 Å². The van der Waals surface area contributed by atoms with Crippen molar-refractivity contribution in [2.45, 2.75) is 6.43 Å². The number of hydrogen-bond acceptors (Lipinski definition) is 3. The van der Waals surface area contributed by atoms with Crippen molar-refractivity contribution >= 4 is 5.91 Å². The predicted molar refractivity (Wildman–Crippen MR) is 47.1 cm³/mol. The number of rotatable bonds is 3. The van der Waals surface area contributed by atoms with Crippen LogP contribution in [0.15, 0.2) is 10.9 Å². The fourth-order valence-electron chi connectivity index (χ4n) is 1.07. The highest BCUT2D eigenvalue weighted by Crippen LogP contribution is 2.25. The molecule has 7 heteroatoms. The molecule has 3 N–H and O–H groups in total. The highest BCUT2D eigenvalue weighted by atomic mass is 19.3. The molecular formula is C8H8F2N2O3. The number of hydrogen-bond donors (Lipinski definition) is 2. The Hall–Kier alpha value is -1.92. The van der Waals surface area contributed by atoms with Gasteiger partial charge in [0.05, 0.1) is 12.7 Å². The number of ether oxygens (including phenoxy) is 1. The Morgan fingerprint density at radius 1 is 1.60 bits per heavy atom. The number of nitrogens with two attached hydrogens (primary N) is 1. The molecule has 0 saturated carbocycles. The minimum absolute atomic E-state index is 0.379. The zero-order chi connectivity index (χ0) is 11.6. The van der Waals surface area contributed by atoms with E-state index >= 15 is 0 Å². The standard InChI is InChI=1S/C8H8F2N2O3/c1-15-5-3(6(9)10)2-4(7(11)13)12-8(5)14/h2,6H,1H3,(H2,11,13)(H,12,14). The third-order valence-corrected chi connectivity index (χ3v) is 1.72. The lowest BCUT2D eigenvalue weighted by atomic mass is 10.2.